The maximum atomic E-state index is 13.1. The summed E-state index contributed by atoms with van der Waals surface area (Å²) in [5, 5.41) is 4.20. The fraction of sp³-hybridized carbons (Fsp3) is 0.263. The summed E-state index contributed by atoms with van der Waals surface area (Å²) in [7, 11) is 1.90. The van der Waals surface area contributed by atoms with Crippen LogP contribution in [0.15, 0.2) is 48.8 Å². The van der Waals surface area contributed by atoms with Gasteiger partial charge >= 0.3 is 0 Å². The molecular weight excluding hydrogens is 351 g/mol. The van der Waals surface area contributed by atoms with Gasteiger partial charge in [-0.05, 0) is 29.8 Å². The van der Waals surface area contributed by atoms with E-state index in [2.05, 4.69) is 10.00 Å². The van der Waals surface area contributed by atoms with Crippen molar-refractivity contribution in [3.05, 3.63) is 59.5 Å². The SMILES string of the molecule is Cn1cc(N2CCN(C(=O)c3ccc(-c4ccc(F)cc4)s3)CC2)cn1. The molecule has 1 aliphatic rings. The zero-order valence-corrected chi connectivity index (χ0v) is 15.2. The van der Waals surface area contributed by atoms with Crippen LogP contribution in [0, 0.1) is 5.82 Å². The first-order chi connectivity index (χ1) is 12.6. The van der Waals surface area contributed by atoms with Gasteiger partial charge in [0.25, 0.3) is 5.91 Å². The molecule has 0 bridgehead atoms. The Labute approximate surface area is 155 Å². The maximum Gasteiger partial charge on any atom is 0.264 e. The van der Waals surface area contributed by atoms with Crippen molar-refractivity contribution in [2.75, 3.05) is 31.1 Å². The van der Waals surface area contributed by atoms with Crippen molar-refractivity contribution in [3.63, 3.8) is 0 Å². The number of hydrogen-bond donors (Lipinski definition) is 0. The van der Waals surface area contributed by atoms with Gasteiger partial charge in [-0.3, -0.25) is 9.48 Å². The lowest BCUT2D eigenvalue weighted by Crippen LogP contribution is -2.48. The van der Waals surface area contributed by atoms with Crippen LogP contribution in [-0.2, 0) is 7.05 Å². The molecule has 3 heterocycles. The first kappa shape index (κ1) is 16.8. The minimum Gasteiger partial charge on any atom is -0.365 e. The van der Waals surface area contributed by atoms with Crippen molar-refractivity contribution in [3.8, 4) is 10.4 Å². The van der Waals surface area contributed by atoms with E-state index in [0.717, 1.165) is 34.1 Å². The van der Waals surface area contributed by atoms with E-state index in [4.69, 9.17) is 0 Å². The number of carbonyl (C=O) groups is 1. The molecule has 0 unspecified atom stereocenters. The van der Waals surface area contributed by atoms with E-state index >= 15 is 0 Å². The van der Waals surface area contributed by atoms with Crippen LogP contribution in [0.2, 0.25) is 0 Å². The molecule has 5 nitrogen and oxygen atoms in total. The fourth-order valence-electron chi connectivity index (χ4n) is 3.12. The van der Waals surface area contributed by atoms with Gasteiger partial charge in [-0.15, -0.1) is 11.3 Å². The number of anilines is 1. The van der Waals surface area contributed by atoms with Gasteiger partial charge < -0.3 is 9.80 Å². The molecule has 0 spiro atoms. The molecule has 134 valence electrons. The zero-order valence-electron chi connectivity index (χ0n) is 14.4. The molecule has 0 radical (unpaired) electrons. The van der Waals surface area contributed by atoms with Gasteiger partial charge in [-0.2, -0.15) is 5.10 Å². The Kier molecular flexibility index (Phi) is 4.46. The van der Waals surface area contributed by atoms with Crippen LogP contribution in [0.25, 0.3) is 10.4 Å². The van der Waals surface area contributed by atoms with Gasteiger partial charge in [-0.1, -0.05) is 12.1 Å². The highest BCUT2D eigenvalue weighted by Gasteiger charge is 2.24. The molecule has 7 heteroatoms. The molecule has 1 aromatic carbocycles. The van der Waals surface area contributed by atoms with E-state index in [1.807, 2.05) is 36.5 Å². The average Bonchev–Trinajstić information content (AvgIpc) is 3.31. The number of aryl methyl sites for hydroxylation is 1. The molecule has 0 atom stereocenters. The predicted octanol–water partition coefficient (Wildman–Crippen LogP) is 3.25. The molecule has 1 aliphatic heterocycles. The quantitative estimate of drug-likeness (QED) is 0.711. The van der Waals surface area contributed by atoms with Crippen LogP contribution >= 0.6 is 11.3 Å². The number of nitrogens with zero attached hydrogens (tertiary/aromatic N) is 4. The van der Waals surface area contributed by atoms with E-state index < -0.39 is 0 Å². The minimum atomic E-state index is -0.256. The summed E-state index contributed by atoms with van der Waals surface area (Å²) >= 11 is 1.45. The van der Waals surface area contributed by atoms with Crippen molar-refractivity contribution in [2.45, 2.75) is 0 Å². The van der Waals surface area contributed by atoms with Crippen molar-refractivity contribution in [2.24, 2.45) is 7.05 Å². The summed E-state index contributed by atoms with van der Waals surface area (Å²) < 4.78 is 14.9. The van der Waals surface area contributed by atoms with Crippen LogP contribution in [0.5, 0.6) is 0 Å². The molecule has 1 fully saturated rings. The lowest BCUT2D eigenvalue weighted by Gasteiger charge is -2.35. The number of carbonyl (C=O) groups excluding carboxylic acids is 1. The van der Waals surface area contributed by atoms with Gasteiger partial charge in [0.2, 0.25) is 0 Å². The van der Waals surface area contributed by atoms with Crippen LogP contribution in [0.1, 0.15) is 9.67 Å². The third-order valence-electron chi connectivity index (χ3n) is 4.57. The molecule has 1 amide bonds. The number of aromatic nitrogens is 2. The summed E-state index contributed by atoms with van der Waals surface area (Å²) in [6.07, 6.45) is 3.84. The van der Waals surface area contributed by atoms with E-state index in [1.54, 1.807) is 16.8 Å². The highest BCUT2D eigenvalue weighted by molar-refractivity contribution is 7.17. The zero-order chi connectivity index (χ0) is 18.1. The molecule has 0 saturated carbocycles. The van der Waals surface area contributed by atoms with Gasteiger partial charge in [0, 0.05) is 44.3 Å². The van der Waals surface area contributed by atoms with Crippen LogP contribution in [-0.4, -0.2) is 46.8 Å². The normalized spacial score (nSPS) is 14.7. The fourth-order valence-corrected chi connectivity index (χ4v) is 4.10. The van der Waals surface area contributed by atoms with Crippen molar-refractivity contribution >= 4 is 22.9 Å². The number of halogens is 1. The average molecular weight is 370 g/mol. The first-order valence-electron chi connectivity index (χ1n) is 8.49. The third kappa shape index (κ3) is 3.35. The molecule has 4 rings (SSSR count). The molecule has 0 N–H and O–H groups in total. The Bertz CT molecular complexity index is 910. The van der Waals surface area contributed by atoms with E-state index in [9.17, 15) is 9.18 Å². The number of amides is 1. The van der Waals surface area contributed by atoms with Gasteiger partial charge in [0.05, 0.1) is 16.8 Å². The topological polar surface area (TPSA) is 41.4 Å². The molecular formula is C19H19FN4OS. The number of piperazine rings is 1. The Hall–Kier alpha value is -2.67. The van der Waals surface area contributed by atoms with Crippen LogP contribution in [0.3, 0.4) is 0 Å². The second kappa shape index (κ2) is 6.92. The molecule has 3 aromatic rings. The monoisotopic (exact) mass is 370 g/mol. The number of benzene rings is 1. The van der Waals surface area contributed by atoms with E-state index in [1.165, 1.54) is 23.5 Å². The smallest absolute Gasteiger partial charge is 0.264 e. The Balaban J connectivity index is 1.42. The maximum absolute atomic E-state index is 13.1. The van der Waals surface area contributed by atoms with Crippen molar-refractivity contribution in [1.82, 2.24) is 14.7 Å². The first-order valence-corrected chi connectivity index (χ1v) is 9.30. The third-order valence-corrected chi connectivity index (χ3v) is 5.69. The lowest BCUT2D eigenvalue weighted by atomic mass is 10.2. The standard InChI is InChI=1S/C19H19FN4OS/c1-22-13-16(12-21-22)23-8-10-24(11-9-23)19(25)18-7-6-17(26-18)14-2-4-15(20)5-3-14/h2-7,12-13H,8-11H2,1H3. The minimum absolute atomic E-state index is 0.0641. The van der Waals surface area contributed by atoms with Crippen LogP contribution in [0.4, 0.5) is 10.1 Å². The van der Waals surface area contributed by atoms with E-state index in [-0.39, 0.29) is 11.7 Å². The van der Waals surface area contributed by atoms with Gasteiger partial charge in [-0.25, -0.2) is 4.39 Å². The van der Waals surface area contributed by atoms with Crippen molar-refractivity contribution < 1.29 is 9.18 Å². The Morgan fingerprint density at radius 3 is 2.46 bits per heavy atom. The number of rotatable bonds is 3. The van der Waals surface area contributed by atoms with E-state index in [0.29, 0.717) is 13.1 Å². The van der Waals surface area contributed by atoms with Gasteiger partial charge in [0.15, 0.2) is 0 Å². The van der Waals surface area contributed by atoms with Crippen LogP contribution < -0.4 is 4.90 Å². The summed E-state index contributed by atoms with van der Waals surface area (Å²) in [4.78, 5) is 18.6. The highest BCUT2D eigenvalue weighted by atomic mass is 32.1. The Morgan fingerprint density at radius 2 is 1.81 bits per heavy atom. The molecule has 2 aromatic heterocycles. The van der Waals surface area contributed by atoms with Crippen molar-refractivity contribution in [1.29, 1.82) is 0 Å². The second-order valence-corrected chi connectivity index (χ2v) is 7.41. The predicted molar refractivity (Wildman–Crippen MR) is 101 cm³/mol. The summed E-state index contributed by atoms with van der Waals surface area (Å²) in [6.45, 7) is 2.98. The summed E-state index contributed by atoms with van der Waals surface area (Å²) in [5.41, 5.74) is 2.02. The second-order valence-electron chi connectivity index (χ2n) is 6.32. The summed E-state index contributed by atoms with van der Waals surface area (Å²) in [6, 6.07) is 10.1. The lowest BCUT2D eigenvalue weighted by molar-refractivity contribution is 0.0751. The molecule has 0 aliphatic carbocycles. The number of hydrogen-bond acceptors (Lipinski definition) is 4. The number of thiophene rings is 1. The molecule has 26 heavy (non-hydrogen) atoms. The largest absolute Gasteiger partial charge is 0.365 e. The summed E-state index contributed by atoms with van der Waals surface area (Å²) in [5.74, 6) is -0.192. The van der Waals surface area contributed by atoms with Gasteiger partial charge in [0.1, 0.15) is 5.82 Å². The Morgan fingerprint density at radius 1 is 1.08 bits per heavy atom. The highest BCUT2D eigenvalue weighted by Crippen LogP contribution is 2.29. The molecule has 1 saturated heterocycles.